The molecule has 0 radical (unpaired) electrons. The van der Waals surface area contributed by atoms with Crippen LogP contribution in [0.3, 0.4) is 0 Å². The van der Waals surface area contributed by atoms with Crippen molar-refractivity contribution in [2.45, 2.75) is 44.9 Å². The van der Waals surface area contributed by atoms with Gasteiger partial charge in [0, 0.05) is 56.6 Å². The molecule has 2 aliphatic heterocycles. The van der Waals surface area contributed by atoms with Gasteiger partial charge < -0.3 is 19.7 Å². The van der Waals surface area contributed by atoms with E-state index in [1.54, 1.807) is 7.11 Å². The van der Waals surface area contributed by atoms with E-state index in [0.717, 1.165) is 69.7 Å². The van der Waals surface area contributed by atoms with Crippen LogP contribution >= 0.6 is 0 Å². The second-order valence-corrected chi connectivity index (χ2v) is 7.46. The van der Waals surface area contributed by atoms with Crippen LogP contribution in [0.1, 0.15) is 24.1 Å². The Morgan fingerprint density at radius 3 is 2.52 bits per heavy atom. The summed E-state index contributed by atoms with van der Waals surface area (Å²) in [7, 11) is 1.78. The summed E-state index contributed by atoms with van der Waals surface area (Å²) < 4.78 is 10.8. The largest absolute Gasteiger partial charge is 0.381 e. The van der Waals surface area contributed by atoms with Gasteiger partial charge in [-0.2, -0.15) is 4.98 Å². The summed E-state index contributed by atoms with van der Waals surface area (Å²) in [6.07, 6.45) is 2.45. The molecule has 2 saturated heterocycles. The summed E-state index contributed by atoms with van der Waals surface area (Å²) in [5.41, 5.74) is 2.25. The fraction of sp³-hybridized carbons (Fsp3) is 0.778. The monoisotopic (exact) mass is 347 g/mol. The molecule has 1 aromatic heterocycles. The molecule has 7 nitrogen and oxygen atoms in total. The van der Waals surface area contributed by atoms with Crippen molar-refractivity contribution in [2.75, 3.05) is 56.7 Å². The van der Waals surface area contributed by atoms with Gasteiger partial charge in [-0.3, -0.25) is 4.90 Å². The Hall–Kier alpha value is -1.44. The van der Waals surface area contributed by atoms with Crippen LogP contribution in [-0.2, 0) is 9.47 Å². The molecule has 0 spiro atoms. The third-order valence-corrected chi connectivity index (χ3v) is 5.85. The van der Waals surface area contributed by atoms with Crippen molar-refractivity contribution in [3.05, 3.63) is 11.3 Å². The Bertz CT molecular complexity index is 608. The minimum atomic E-state index is 0.383. The van der Waals surface area contributed by atoms with Gasteiger partial charge in [-0.1, -0.05) is 0 Å². The minimum absolute atomic E-state index is 0.383. The lowest BCUT2D eigenvalue weighted by atomic mass is 9.89. The lowest BCUT2D eigenvalue weighted by Gasteiger charge is -2.47. The highest BCUT2D eigenvalue weighted by Gasteiger charge is 2.35. The minimum Gasteiger partial charge on any atom is -0.381 e. The Balaban J connectivity index is 1.39. The summed E-state index contributed by atoms with van der Waals surface area (Å²) in [5, 5.41) is 3.47. The number of anilines is 2. The smallest absolute Gasteiger partial charge is 0.225 e. The van der Waals surface area contributed by atoms with E-state index in [4.69, 9.17) is 14.5 Å². The van der Waals surface area contributed by atoms with Gasteiger partial charge in [-0.25, -0.2) is 4.98 Å². The molecule has 4 rings (SSSR count). The molecule has 0 amide bonds. The number of hydrogen-bond acceptors (Lipinski definition) is 7. The Morgan fingerprint density at radius 2 is 1.84 bits per heavy atom. The van der Waals surface area contributed by atoms with Crippen LogP contribution in [0.15, 0.2) is 0 Å². The van der Waals surface area contributed by atoms with Gasteiger partial charge in [-0.05, 0) is 26.7 Å². The van der Waals surface area contributed by atoms with Crippen LogP contribution in [0.25, 0.3) is 0 Å². The molecular weight excluding hydrogens is 318 g/mol. The Kier molecular flexibility index (Phi) is 4.80. The number of aryl methyl sites for hydroxylation is 1. The number of ether oxygens (including phenoxy) is 2. The van der Waals surface area contributed by atoms with Crippen LogP contribution in [-0.4, -0.2) is 79.6 Å². The van der Waals surface area contributed by atoms with Gasteiger partial charge in [0.05, 0.1) is 19.3 Å². The molecule has 3 aliphatic rings. The number of nitrogens with zero attached hydrogens (tertiary/aromatic N) is 4. The van der Waals surface area contributed by atoms with E-state index in [-0.39, 0.29) is 0 Å². The van der Waals surface area contributed by atoms with Crippen molar-refractivity contribution in [3.63, 3.8) is 0 Å². The number of hydrogen-bond donors (Lipinski definition) is 1. The first-order valence-corrected chi connectivity index (χ1v) is 9.35. The highest BCUT2D eigenvalue weighted by atomic mass is 16.5. The molecule has 1 N–H and O–H groups in total. The van der Waals surface area contributed by atoms with E-state index in [0.29, 0.717) is 18.2 Å². The highest BCUT2D eigenvalue weighted by Crippen LogP contribution is 2.30. The zero-order valence-corrected chi connectivity index (χ0v) is 15.5. The number of rotatable bonds is 5. The highest BCUT2D eigenvalue weighted by molar-refractivity contribution is 5.54. The predicted molar refractivity (Wildman–Crippen MR) is 97.3 cm³/mol. The van der Waals surface area contributed by atoms with Crippen LogP contribution in [0.5, 0.6) is 0 Å². The first-order valence-electron chi connectivity index (χ1n) is 9.35. The van der Waals surface area contributed by atoms with Crippen molar-refractivity contribution >= 4 is 11.8 Å². The van der Waals surface area contributed by atoms with Crippen molar-refractivity contribution in [2.24, 2.45) is 0 Å². The van der Waals surface area contributed by atoms with E-state index in [9.17, 15) is 0 Å². The van der Waals surface area contributed by atoms with Gasteiger partial charge >= 0.3 is 0 Å². The Labute approximate surface area is 149 Å². The standard InChI is InChI=1S/C18H29N5O2/c1-12-13(2)19-18(20-14-8-16(9-14)24-3)21-17(12)23-10-15(11-23)22-4-6-25-7-5-22/h14-16H,4-11H2,1-3H3,(H,19,20,21). The Morgan fingerprint density at radius 1 is 1.12 bits per heavy atom. The van der Waals surface area contributed by atoms with Crippen LogP contribution < -0.4 is 10.2 Å². The fourth-order valence-corrected chi connectivity index (χ4v) is 3.85. The van der Waals surface area contributed by atoms with Crippen molar-refractivity contribution in [1.82, 2.24) is 14.9 Å². The summed E-state index contributed by atoms with van der Waals surface area (Å²) in [6.45, 7) is 10.1. The normalized spacial score (nSPS) is 27.7. The van der Waals surface area contributed by atoms with Gasteiger partial charge in [0.15, 0.2) is 0 Å². The van der Waals surface area contributed by atoms with Gasteiger partial charge in [-0.15, -0.1) is 0 Å². The predicted octanol–water partition coefficient (Wildman–Crippen LogP) is 1.20. The molecule has 3 heterocycles. The molecule has 7 heteroatoms. The first-order chi connectivity index (χ1) is 12.1. The summed E-state index contributed by atoms with van der Waals surface area (Å²) >= 11 is 0. The maximum Gasteiger partial charge on any atom is 0.225 e. The first kappa shape index (κ1) is 17.0. The van der Waals surface area contributed by atoms with E-state index in [2.05, 4.69) is 33.9 Å². The molecule has 138 valence electrons. The van der Waals surface area contributed by atoms with E-state index >= 15 is 0 Å². The van der Waals surface area contributed by atoms with E-state index in [1.807, 2.05) is 0 Å². The third-order valence-electron chi connectivity index (χ3n) is 5.85. The van der Waals surface area contributed by atoms with Crippen molar-refractivity contribution in [1.29, 1.82) is 0 Å². The number of aromatic nitrogens is 2. The second kappa shape index (κ2) is 7.05. The third kappa shape index (κ3) is 3.45. The number of methoxy groups -OCH3 is 1. The molecular formula is C18H29N5O2. The SMILES string of the molecule is COC1CC(Nc2nc(C)c(C)c(N3CC(N4CCOCC4)C3)n2)C1. The second-order valence-electron chi connectivity index (χ2n) is 7.46. The molecule has 1 aromatic rings. The topological polar surface area (TPSA) is 62.8 Å². The maximum atomic E-state index is 5.46. The van der Waals surface area contributed by atoms with E-state index in [1.165, 1.54) is 5.56 Å². The van der Waals surface area contributed by atoms with Crippen molar-refractivity contribution < 1.29 is 9.47 Å². The average Bonchev–Trinajstić information content (AvgIpc) is 2.54. The molecule has 3 fully saturated rings. The maximum absolute atomic E-state index is 5.46. The summed E-state index contributed by atoms with van der Waals surface area (Å²) in [6, 6.07) is 1.06. The van der Waals surface area contributed by atoms with Crippen LogP contribution in [0.2, 0.25) is 0 Å². The molecule has 1 saturated carbocycles. The van der Waals surface area contributed by atoms with Crippen LogP contribution in [0.4, 0.5) is 11.8 Å². The van der Waals surface area contributed by atoms with Gasteiger partial charge in [0.2, 0.25) is 5.95 Å². The lowest BCUT2D eigenvalue weighted by Crippen LogP contribution is -2.62. The van der Waals surface area contributed by atoms with Gasteiger partial charge in [0.1, 0.15) is 5.82 Å². The van der Waals surface area contributed by atoms with Gasteiger partial charge in [0.25, 0.3) is 0 Å². The molecule has 0 aromatic carbocycles. The average molecular weight is 347 g/mol. The van der Waals surface area contributed by atoms with Crippen LogP contribution in [0, 0.1) is 13.8 Å². The molecule has 25 heavy (non-hydrogen) atoms. The van der Waals surface area contributed by atoms with Crippen molar-refractivity contribution in [3.8, 4) is 0 Å². The molecule has 0 unspecified atom stereocenters. The number of morpholine rings is 1. The molecule has 1 aliphatic carbocycles. The molecule has 0 bridgehead atoms. The summed E-state index contributed by atoms with van der Waals surface area (Å²) in [5.74, 6) is 1.84. The zero-order chi connectivity index (χ0) is 17.4. The zero-order valence-electron chi connectivity index (χ0n) is 15.5. The quantitative estimate of drug-likeness (QED) is 0.859. The number of nitrogens with one attached hydrogen (secondary N) is 1. The summed E-state index contributed by atoms with van der Waals surface area (Å²) in [4.78, 5) is 14.4. The fourth-order valence-electron chi connectivity index (χ4n) is 3.85. The molecule has 0 atom stereocenters. The lowest BCUT2D eigenvalue weighted by molar-refractivity contribution is 0.0104. The van der Waals surface area contributed by atoms with E-state index < -0.39 is 0 Å².